The second kappa shape index (κ2) is 11.3. The van der Waals surface area contributed by atoms with E-state index in [2.05, 4.69) is 97.1 Å². The first-order chi connectivity index (χ1) is 22.2. The minimum absolute atomic E-state index is 0.662. The van der Waals surface area contributed by atoms with E-state index in [9.17, 15) is 0 Å². The minimum atomic E-state index is 0.662. The highest BCUT2D eigenvalue weighted by Gasteiger charge is 2.15. The lowest BCUT2D eigenvalue weighted by Crippen LogP contribution is -1.98. The van der Waals surface area contributed by atoms with Crippen molar-refractivity contribution in [3.8, 4) is 56.3 Å². The van der Waals surface area contributed by atoms with Gasteiger partial charge in [-0.15, -0.1) is 0 Å². The Labute approximate surface area is 261 Å². The highest BCUT2D eigenvalue weighted by atomic mass is 14.9. The Balaban J connectivity index is 1.29. The van der Waals surface area contributed by atoms with Gasteiger partial charge in [-0.3, -0.25) is 4.98 Å². The number of benzene rings is 5. The van der Waals surface area contributed by atoms with Gasteiger partial charge in [0.05, 0.1) is 28.1 Å². The molecule has 0 atom stereocenters. The Morgan fingerprint density at radius 1 is 0.378 bits per heavy atom. The van der Waals surface area contributed by atoms with Crippen molar-refractivity contribution in [3.63, 3.8) is 0 Å². The summed E-state index contributed by atoms with van der Waals surface area (Å²) in [6, 6.07) is 52.2. The van der Waals surface area contributed by atoms with Gasteiger partial charge in [-0.05, 0) is 47.4 Å². The number of fused-ring (bicyclic) bond motifs is 3. The van der Waals surface area contributed by atoms with E-state index in [1.807, 2.05) is 61.5 Å². The number of nitrogens with zero attached hydrogens (tertiary/aromatic N) is 4. The molecule has 0 radical (unpaired) electrons. The van der Waals surface area contributed by atoms with Crippen molar-refractivity contribution in [2.24, 2.45) is 0 Å². The molecule has 0 amide bonds. The van der Waals surface area contributed by atoms with Crippen molar-refractivity contribution in [1.29, 1.82) is 0 Å². The summed E-state index contributed by atoms with van der Waals surface area (Å²) < 4.78 is 0. The van der Waals surface area contributed by atoms with Crippen molar-refractivity contribution >= 4 is 21.8 Å². The molecule has 212 valence electrons. The standard InChI is InChI=1S/C41H28N4/c1-27-25-35(30-13-7-3-8-14-30)34-23-21-32-22-24-36(43-39(32)40(34)42-27)38-26-37(44-41(45-38)33-15-9-4-10-16-33)31-19-17-29(18-20-31)28-11-5-2-6-12-28/h2-26H,1H3. The van der Waals surface area contributed by atoms with Crippen molar-refractivity contribution in [2.75, 3.05) is 0 Å². The smallest absolute Gasteiger partial charge is 0.160 e. The van der Waals surface area contributed by atoms with Crippen LogP contribution in [0.2, 0.25) is 0 Å². The van der Waals surface area contributed by atoms with Crippen LogP contribution < -0.4 is 0 Å². The maximum Gasteiger partial charge on any atom is 0.160 e. The fourth-order valence-corrected chi connectivity index (χ4v) is 5.91. The third-order valence-corrected chi connectivity index (χ3v) is 8.16. The second-order valence-corrected chi connectivity index (χ2v) is 11.2. The monoisotopic (exact) mass is 576 g/mol. The predicted octanol–water partition coefficient (Wildman–Crippen LogP) is 10.2. The summed E-state index contributed by atoms with van der Waals surface area (Å²) in [5.41, 5.74) is 11.7. The summed E-state index contributed by atoms with van der Waals surface area (Å²) in [6.07, 6.45) is 0. The summed E-state index contributed by atoms with van der Waals surface area (Å²) in [5.74, 6) is 0.662. The van der Waals surface area contributed by atoms with Gasteiger partial charge in [-0.2, -0.15) is 0 Å². The van der Waals surface area contributed by atoms with Crippen LogP contribution in [0.25, 0.3) is 78.1 Å². The van der Waals surface area contributed by atoms with Crippen LogP contribution in [0.3, 0.4) is 0 Å². The van der Waals surface area contributed by atoms with Gasteiger partial charge in [0, 0.05) is 27.6 Å². The Kier molecular flexibility index (Phi) is 6.65. The number of aromatic nitrogens is 4. The highest BCUT2D eigenvalue weighted by molar-refractivity contribution is 6.08. The molecule has 0 aliphatic rings. The first-order valence-corrected chi connectivity index (χ1v) is 15.1. The predicted molar refractivity (Wildman–Crippen MR) is 185 cm³/mol. The van der Waals surface area contributed by atoms with Gasteiger partial charge in [0.2, 0.25) is 0 Å². The third-order valence-electron chi connectivity index (χ3n) is 8.16. The number of aryl methyl sites for hydroxylation is 1. The van der Waals surface area contributed by atoms with Crippen molar-refractivity contribution in [1.82, 2.24) is 19.9 Å². The summed E-state index contributed by atoms with van der Waals surface area (Å²) in [4.78, 5) is 20.3. The Hall–Kier alpha value is -6.00. The lowest BCUT2D eigenvalue weighted by molar-refractivity contribution is 1.17. The SMILES string of the molecule is Cc1cc(-c2ccccc2)c2ccc3ccc(-c4cc(-c5ccc(-c6ccccc6)cc5)nc(-c5ccccc5)n4)nc3c2n1. The highest BCUT2D eigenvalue weighted by Crippen LogP contribution is 2.34. The number of hydrogen-bond donors (Lipinski definition) is 0. The van der Waals surface area contributed by atoms with Crippen LogP contribution in [0.15, 0.2) is 152 Å². The lowest BCUT2D eigenvalue weighted by atomic mass is 9.98. The van der Waals surface area contributed by atoms with Crippen molar-refractivity contribution in [3.05, 3.63) is 157 Å². The average Bonchev–Trinajstić information content (AvgIpc) is 3.12. The molecule has 4 heteroatoms. The summed E-state index contributed by atoms with van der Waals surface area (Å²) >= 11 is 0. The molecule has 0 saturated heterocycles. The van der Waals surface area contributed by atoms with E-state index >= 15 is 0 Å². The zero-order valence-corrected chi connectivity index (χ0v) is 24.7. The normalized spacial score (nSPS) is 11.2. The summed E-state index contributed by atoms with van der Waals surface area (Å²) in [5, 5.41) is 2.12. The van der Waals surface area contributed by atoms with Crippen LogP contribution in [-0.2, 0) is 0 Å². The topological polar surface area (TPSA) is 51.6 Å². The first-order valence-electron chi connectivity index (χ1n) is 15.1. The molecule has 0 aliphatic heterocycles. The van der Waals surface area contributed by atoms with E-state index in [0.717, 1.165) is 72.4 Å². The van der Waals surface area contributed by atoms with Crippen LogP contribution in [0, 0.1) is 6.92 Å². The van der Waals surface area contributed by atoms with E-state index in [1.165, 1.54) is 5.56 Å². The summed E-state index contributed by atoms with van der Waals surface area (Å²) in [7, 11) is 0. The van der Waals surface area contributed by atoms with Crippen LogP contribution in [0.5, 0.6) is 0 Å². The second-order valence-electron chi connectivity index (χ2n) is 11.2. The van der Waals surface area contributed by atoms with E-state index in [1.54, 1.807) is 0 Å². The van der Waals surface area contributed by atoms with Crippen LogP contribution >= 0.6 is 0 Å². The van der Waals surface area contributed by atoms with Gasteiger partial charge < -0.3 is 0 Å². The molecule has 0 saturated carbocycles. The fraction of sp³-hybridized carbons (Fsp3) is 0.0244. The van der Waals surface area contributed by atoms with E-state index in [0.29, 0.717) is 5.82 Å². The Bertz CT molecular complexity index is 2300. The molecule has 4 nitrogen and oxygen atoms in total. The lowest BCUT2D eigenvalue weighted by Gasteiger charge is -2.12. The number of hydrogen-bond acceptors (Lipinski definition) is 4. The Morgan fingerprint density at radius 3 is 1.67 bits per heavy atom. The van der Waals surface area contributed by atoms with Crippen molar-refractivity contribution in [2.45, 2.75) is 6.92 Å². The molecule has 3 aromatic heterocycles. The first kappa shape index (κ1) is 26.6. The summed E-state index contributed by atoms with van der Waals surface area (Å²) in [6.45, 7) is 2.04. The van der Waals surface area contributed by atoms with Gasteiger partial charge in [0.15, 0.2) is 5.82 Å². The van der Waals surface area contributed by atoms with Crippen molar-refractivity contribution < 1.29 is 0 Å². The molecule has 0 N–H and O–H groups in total. The molecule has 0 spiro atoms. The van der Waals surface area contributed by atoms with Gasteiger partial charge in [-0.1, -0.05) is 133 Å². The quantitative estimate of drug-likeness (QED) is 0.191. The molecule has 3 heterocycles. The number of rotatable bonds is 5. The van der Waals surface area contributed by atoms with Gasteiger partial charge in [0.25, 0.3) is 0 Å². The molecule has 0 aliphatic carbocycles. The number of pyridine rings is 2. The van der Waals surface area contributed by atoms with Crippen LogP contribution in [-0.4, -0.2) is 19.9 Å². The third kappa shape index (κ3) is 5.13. The van der Waals surface area contributed by atoms with Crippen LogP contribution in [0.1, 0.15) is 5.69 Å². The Morgan fingerprint density at radius 2 is 0.956 bits per heavy atom. The molecule has 5 aromatic carbocycles. The van der Waals surface area contributed by atoms with Gasteiger partial charge in [-0.25, -0.2) is 15.0 Å². The minimum Gasteiger partial charge on any atom is -0.251 e. The molecule has 0 unspecified atom stereocenters. The zero-order valence-electron chi connectivity index (χ0n) is 24.7. The molecule has 0 fully saturated rings. The molecule has 45 heavy (non-hydrogen) atoms. The molecular formula is C41H28N4. The largest absolute Gasteiger partial charge is 0.251 e. The maximum absolute atomic E-state index is 5.22. The van der Waals surface area contributed by atoms with Gasteiger partial charge >= 0.3 is 0 Å². The van der Waals surface area contributed by atoms with Crippen LogP contribution in [0.4, 0.5) is 0 Å². The zero-order chi connectivity index (χ0) is 30.2. The van der Waals surface area contributed by atoms with E-state index in [-0.39, 0.29) is 0 Å². The fourth-order valence-electron chi connectivity index (χ4n) is 5.91. The molecule has 8 aromatic rings. The van der Waals surface area contributed by atoms with Gasteiger partial charge in [0.1, 0.15) is 0 Å². The molecule has 0 bridgehead atoms. The average molecular weight is 577 g/mol. The maximum atomic E-state index is 5.22. The molecular weight excluding hydrogens is 548 g/mol. The van der Waals surface area contributed by atoms with E-state index in [4.69, 9.17) is 19.9 Å². The molecule has 8 rings (SSSR count). The van der Waals surface area contributed by atoms with E-state index < -0.39 is 0 Å².